The minimum absolute atomic E-state index is 0.0503. The van der Waals surface area contributed by atoms with E-state index in [-0.39, 0.29) is 6.03 Å². The highest BCUT2D eigenvalue weighted by Gasteiger charge is 2.20. The van der Waals surface area contributed by atoms with E-state index in [0.29, 0.717) is 30.3 Å². The number of rotatable bonds is 6. The van der Waals surface area contributed by atoms with Crippen LogP contribution >= 0.6 is 0 Å². The second-order valence-electron chi connectivity index (χ2n) is 5.77. The van der Waals surface area contributed by atoms with Crippen molar-refractivity contribution in [3.63, 3.8) is 0 Å². The fourth-order valence-corrected chi connectivity index (χ4v) is 2.87. The van der Waals surface area contributed by atoms with Crippen molar-refractivity contribution in [2.45, 2.75) is 0 Å². The molecule has 1 aliphatic heterocycles. The number of urea groups is 1. The number of benzene rings is 2. The van der Waals surface area contributed by atoms with Crippen molar-refractivity contribution in [1.29, 1.82) is 0 Å². The highest BCUT2D eigenvalue weighted by atomic mass is 16.5. The summed E-state index contributed by atoms with van der Waals surface area (Å²) >= 11 is 0. The summed E-state index contributed by atoms with van der Waals surface area (Å²) in [6.07, 6.45) is 3.97. The maximum Gasteiger partial charge on any atom is 0.321 e. The molecule has 0 saturated carbocycles. The van der Waals surface area contributed by atoms with Gasteiger partial charge in [-0.25, -0.2) is 4.79 Å². The molecule has 2 aromatic carbocycles. The molecule has 0 unspecified atom stereocenters. The molecule has 1 saturated heterocycles. The van der Waals surface area contributed by atoms with E-state index < -0.39 is 0 Å². The van der Waals surface area contributed by atoms with E-state index in [1.165, 1.54) is 0 Å². The normalized spacial score (nSPS) is 13.8. The highest BCUT2D eigenvalue weighted by Crippen LogP contribution is 2.38. The average Bonchev–Trinajstić information content (AvgIpc) is 3.11. The first-order valence-corrected chi connectivity index (χ1v) is 8.29. The van der Waals surface area contributed by atoms with Gasteiger partial charge >= 0.3 is 6.03 Å². The largest absolute Gasteiger partial charge is 0.493 e. The number of hydrogen-bond donors (Lipinski definition) is 1. The zero-order valence-electron chi connectivity index (χ0n) is 15.1. The van der Waals surface area contributed by atoms with Crippen molar-refractivity contribution in [1.82, 2.24) is 5.32 Å². The van der Waals surface area contributed by atoms with Gasteiger partial charge < -0.3 is 19.5 Å². The van der Waals surface area contributed by atoms with Crippen LogP contribution in [0.3, 0.4) is 0 Å². The van der Waals surface area contributed by atoms with Crippen LogP contribution in [0.5, 0.6) is 17.2 Å². The van der Waals surface area contributed by atoms with E-state index in [4.69, 9.17) is 14.2 Å². The summed E-state index contributed by atoms with van der Waals surface area (Å²) in [6, 6.07) is 11.6. The maximum absolute atomic E-state index is 11.7. The Kier molecular flexibility index (Phi) is 5.31. The molecule has 26 heavy (non-hydrogen) atoms. The standard InChI is InChI=1S/C20H22N2O4/c1-24-17-12-15(13-18(25-2)19(17)26-3)5-4-14-6-8-16(9-7-14)22-11-10-21-20(22)23/h4-9,12-13H,10-11H2,1-3H3,(H,21,23)/b5-4-. The third-order valence-electron chi connectivity index (χ3n) is 4.22. The Hall–Kier alpha value is -3.15. The zero-order valence-corrected chi connectivity index (χ0v) is 15.1. The van der Waals surface area contributed by atoms with Crippen LogP contribution in [-0.2, 0) is 0 Å². The molecular formula is C20H22N2O4. The van der Waals surface area contributed by atoms with Gasteiger partial charge in [0.05, 0.1) is 21.3 Å². The molecule has 6 heteroatoms. The minimum Gasteiger partial charge on any atom is -0.493 e. The van der Waals surface area contributed by atoms with E-state index >= 15 is 0 Å². The molecule has 0 atom stereocenters. The fraction of sp³-hybridized carbons (Fsp3) is 0.250. The van der Waals surface area contributed by atoms with Crippen molar-refractivity contribution in [2.24, 2.45) is 0 Å². The summed E-state index contributed by atoms with van der Waals surface area (Å²) in [6.45, 7) is 1.38. The molecule has 0 spiro atoms. The number of amides is 2. The topological polar surface area (TPSA) is 60.0 Å². The summed E-state index contributed by atoms with van der Waals surface area (Å²) in [7, 11) is 4.77. The molecule has 3 rings (SSSR count). The van der Waals surface area contributed by atoms with Gasteiger partial charge in [-0.3, -0.25) is 4.90 Å². The van der Waals surface area contributed by atoms with E-state index in [9.17, 15) is 4.79 Å². The third kappa shape index (κ3) is 3.59. The molecule has 1 aliphatic rings. The SMILES string of the molecule is COc1cc(/C=C\c2ccc(N3CCNC3=O)cc2)cc(OC)c1OC. The van der Waals surface area contributed by atoms with Crippen molar-refractivity contribution < 1.29 is 19.0 Å². The molecular weight excluding hydrogens is 332 g/mol. The van der Waals surface area contributed by atoms with E-state index in [1.807, 2.05) is 48.6 Å². The smallest absolute Gasteiger partial charge is 0.321 e. The molecule has 0 aliphatic carbocycles. The van der Waals surface area contributed by atoms with Gasteiger partial charge in [-0.05, 0) is 35.4 Å². The monoisotopic (exact) mass is 354 g/mol. The molecule has 1 N–H and O–H groups in total. The van der Waals surface area contributed by atoms with Crippen molar-refractivity contribution in [2.75, 3.05) is 39.3 Å². The lowest BCUT2D eigenvalue weighted by Gasteiger charge is -2.14. The average molecular weight is 354 g/mol. The Morgan fingerprint density at radius 3 is 2.04 bits per heavy atom. The Morgan fingerprint density at radius 2 is 1.54 bits per heavy atom. The molecule has 1 heterocycles. The summed E-state index contributed by atoms with van der Waals surface area (Å²) in [5.41, 5.74) is 2.86. The fourth-order valence-electron chi connectivity index (χ4n) is 2.87. The van der Waals surface area contributed by atoms with Crippen LogP contribution in [0.15, 0.2) is 36.4 Å². The summed E-state index contributed by atoms with van der Waals surface area (Å²) in [5, 5.41) is 2.80. The van der Waals surface area contributed by atoms with E-state index in [0.717, 1.165) is 16.8 Å². The molecule has 6 nitrogen and oxygen atoms in total. The van der Waals surface area contributed by atoms with Gasteiger partial charge in [-0.2, -0.15) is 0 Å². The van der Waals surface area contributed by atoms with Crippen LogP contribution < -0.4 is 24.4 Å². The lowest BCUT2D eigenvalue weighted by atomic mass is 10.1. The van der Waals surface area contributed by atoms with Gasteiger partial charge in [0, 0.05) is 18.8 Å². The van der Waals surface area contributed by atoms with Crippen LogP contribution in [0.1, 0.15) is 11.1 Å². The number of nitrogens with zero attached hydrogens (tertiary/aromatic N) is 1. The van der Waals surface area contributed by atoms with Gasteiger partial charge in [-0.15, -0.1) is 0 Å². The summed E-state index contributed by atoms with van der Waals surface area (Å²) in [4.78, 5) is 13.4. The van der Waals surface area contributed by atoms with Gasteiger partial charge in [0.2, 0.25) is 5.75 Å². The zero-order chi connectivity index (χ0) is 18.5. The molecule has 2 aromatic rings. The number of methoxy groups -OCH3 is 3. The summed E-state index contributed by atoms with van der Waals surface area (Å²) < 4.78 is 16.1. The van der Waals surface area contributed by atoms with Crippen LogP contribution in [0.4, 0.5) is 10.5 Å². The predicted molar refractivity (Wildman–Crippen MR) is 102 cm³/mol. The quantitative estimate of drug-likeness (QED) is 0.808. The van der Waals surface area contributed by atoms with Crippen LogP contribution in [0.2, 0.25) is 0 Å². The summed E-state index contributed by atoms with van der Waals surface area (Å²) in [5.74, 6) is 1.80. The predicted octanol–water partition coefficient (Wildman–Crippen LogP) is 3.41. The first-order chi connectivity index (χ1) is 12.7. The molecule has 0 radical (unpaired) electrons. The number of carbonyl (C=O) groups excluding carboxylic acids is 1. The van der Waals surface area contributed by atoms with Gasteiger partial charge in [-0.1, -0.05) is 24.3 Å². The van der Waals surface area contributed by atoms with E-state index in [1.54, 1.807) is 26.2 Å². The lowest BCUT2D eigenvalue weighted by Crippen LogP contribution is -2.27. The molecule has 136 valence electrons. The van der Waals surface area contributed by atoms with Crippen LogP contribution in [-0.4, -0.2) is 40.5 Å². The number of anilines is 1. The van der Waals surface area contributed by atoms with Crippen LogP contribution in [0.25, 0.3) is 12.2 Å². The Balaban J connectivity index is 1.80. The third-order valence-corrected chi connectivity index (χ3v) is 4.22. The molecule has 2 amide bonds. The number of nitrogens with one attached hydrogen (secondary N) is 1. The number of hydrogen-bond acceptors (Lipinski definition) is 4. The van der Waals surface area contributed by atoms with Crippen molar-refractivity contribution in [3.05, 3.63) is 47.5 Å². The van der Waals surface area contributed by atoms with Crippen LogP contribution in [0, 0.1) is 0 Å². The minimum atomic E-state index is -0.0503. The van der Waals surface area contributed by atoms with Crippen molar-refractivity contribution in [3.8, 4) is 17.2 Å². The first-order valence-electron chi connectivity index (χ1n) is 8.29. The second-order valence-corrected chi connectivity index (χ2v) is 5.77. The van der Waals surface area contributed by atoms with Gasteiger partial charge in [0.15, 0.2) is 11.5 Å². The first kappa shape index (κ1) is 17.7. The number of carbonyl (C=O) groups is 1. The highest BCUT2D eigenvalue weighted by molar-refractivity contribution is 5.94. The second kappa shape index (κ2) is 7.82. The Morgan fingerprint density at radius 1 is 0.923 bits per heavy atom. The number of ether oxygens (including phenoxy) is 3. The molecule has 1 fully saturated rings. The van der Waals surface area contributed by atoms with Gasteiger partial charge in [0.1, 0.15) is 0 Å². The van der Waals surface area contributed by atoms with Gasteiger partial charge in [0.25, 0.3) is 0 Å². The van der Waals surface area contributed by atoms with E-state index in [2.05, 4.69) is 5.32 Å². The maximum atomic E-state index is 11.7. The molecule has 0 aromatic heterocycles. The molecule has 0 bridgehead atoms. The van der Waals surface area contributed by atoms with Crippen molar-refractivity contribution >= 4 is 23.9 Å². The Labute approximate surface area is 153 Å². The lowest BCUT2D eigenvalue weighted by molar-refractivity contribution is 0.252. The Bertz CT molecular complexity index is 790.